The predicted octanol–water partition coefficient (Wildman–Crippen LogP) is 0.959. The fourth-order valence-corrected chi connectivity index (χ4v) is 4.91. The van der Waals surface area contributed by atoms with Crippen LogP contribution in [0, 0.1) is 5.92 Å². The molecule has 1 aliphatic carbocycles. The van der Waals surface area contributed by atoms with Crippen molar-refractivity contribution in [2.45, 2.75) is 49.8 Å². The summed E-state index contributed by atoms with van der Waals surface area (Å²) in [6.45, 7) is 4.94. The van der Waals surface area contributed by atoms with Crippen molar-refractivity contribution in [1.29, 1.82) is 0 Å². The number of rotatable bonds is 5. The molecule has 3 fully saturated rings. The molecule has 2 aliphatic heterocycles. The number of ether oxygens (including phenoxy) is 1. The van der Waals surface area contributed by atoms with Gasteiger partial charge >= 0.3 is 0 Å². The fourth-order valence-electron chi connectivity index (χ4n) is 3.26. The first-order valence-electron chi connectivity index (χ1n) is 7.95. The molecule has 1 N–H and O–H groups in total. The number of sulfonamides is 1. The van der Waals surface area contributed by atoms with Crippen LogP contribution in [-0.2, 0) is 14.8 Å². The second-order valence-electron chi connectivity index (χ2n) is 6.52. The Morgan fingerprint density at radius 3 is 2.45 bits per heavy atom. The third-order valence-corrected chi connectivity index (χ3v) is 6.66. The lowest BCUT2D eigenvalue weighted by Gasteiger charge is -2.35. The van der Waals surface area contributed by atoms with Gasteiger partial charge in [-0.15, -0.1) is 0 Å². The summed E-state index contributed by atoms with van der Waals surface area (Å²) in [4.78, 5) is 2.47. The Labute approximate surface area is 122 Å². The van der Waals surface area contributed by atoms with Gasteiger partial charge < -0.3 is 9.64 Å². The molecule has 0 amide bonds. The maximum atomic E-state index is 11.9. The van der Waals surface area contributed by atoms with Crippen molar-refractivity contribution in [3.8, 4) is 0 Å². The van der Waals surface area contributed by atoms with Crippen LogP contribution in [0.25, 0.3) is 0 Å². The molecule has 3 aliphatic rings. The number of likely N-dealkylation sites (tertiary alicyclic amines) is 1. The molecule has 20 heavy (non-hydrogen) atoms. The molecule has 0 aromatic carbocycles. The van der Waals surface area contributed by atoms with Crippen LogP contribution < -0.4 is 4.72 Å². The molecule has 0 bridgehead atoms. The Balaban J connectivity index is 1.40. The van der Waals surface area contributed by atoms with Crippen LogP contribution in [0.1, 0.15) is 38.5 Å². The maximum absolute atomic E-state index is 11.9. The molecule has 1 saturated carbocycles. The van der Waals surface area contributed by atoms with E-state index in [4.69, 9.17) is 4.74 Å². The highest BCUT2D eigenvalue weighted by Gasteiger charge is 2.37. The van der Waals surface area contributed by atoms with Crippen molar-refractivity contribution in [2.24, 2.45) is 5.92 Å². The van der Waals surface area contributed by atoms with E-state index >= 15 is 0 Å². The molecule has 6 heteroatoms. The SMILES string of the molecule is O=S(=O)(NC1CCN(CC2CCCOC2)CC1)C1CC1. The summed E-state index contributed by atoms with van der Waals surface area (Å²) in [7, 11) is -3.02. The van der Waals surface area contributed by atoms with Gasteiger partial charge in [0.2, 0.25) is 10.0 Å². The molecular weight excluding hydrogens is 276 g/mol. The molecule has 2 heterocycles. The normalized spacial score (nSPS) is 30.5. The smallest absolute Gasteiger partial charge is 0.214 e. The van der Waals surface area contributed by atoms with E-state index in [2.05, 4.69) is 9.62 Å². The summed E-state index contributed by atoms with van der Waals surface area (Å²) in [6, 6.07) is 0.152. The van der Waals surface area contributed by atoms with Crippen molar-refractivity contribution in [3.63, 3.8) is 0 Å². The Kier molecular flexibility index (Phi) is 4.65. The summed E-state index contributed by atoms with van der Waals surface area (Å²) in [5, 5.41) is -0.0973. The molecule has 1 atom stereocenters. The highest BCUT2D eigenvalue weighted by atomic mass is 32.2. The van der Waals surface area contributed by atoms with Gasteiger partial charge in [0.1, 0.15) is 0 Å². The van der Waals surface area contributed by atoms with E-state index in [1.807, 2.05) is 0 Å². The average molecular weight is 302 g/mol. The number of piperidine rings is 1. The fraction of sp³-hybridized carbons (Fsp3) is 1.00. The van der Waals surface area contributed by atoms with E-state index in [0.717, 1.165) is 58.5 Å². The molecular formula is C14H26N2O3S. The van der Waals surface area contributed by atoms with Gasteiger partial charge in [0, 0.05) is 19.2 Å². The molecule has 0 aromatic heterocycles. The zero-order valence-electron chi connectivity index (χ0n) is 12.1. The summed E-state index contributed by atoms with van der Waals surface area (Å²) < 4.78 is 32.3. The van der Waals surface area contributed by atoms with E-state index in [-0.39, 0.29) is 11.3 Å². The second-order valence-corrected chi connectivity index (χ2v) is 8.51. The first kappa shape index (κ1) is 14.8. The van der Waals surface area contributed by atoms with Crippen molar-refractivity contribution in [2.75, 3.05) is 32.8 Å². The molecule has 0 radical (unpaired) electrons. The molecule has 0 aromatic rings. The minimum atomic E-state index is -3.02. The van der Waals surface area contributed by atoms with Gasteiger partial charge in [-0.05, 0) is 57.5 Å². The van der Waals surface area contributed by atoms with Crippen molar-refractivity contribution in [3.05, 3.63) is 0 Å². The first-order chi connectivity index (χ1) is 9.63. The van der Waals surface area contributed by atoms with E-state index < -0.39 is 10.0 Å². The Morgan fingerprint density at radius 1 is 1.10 bits per heavy atom. The van der Waals surface area contributed by atoms with E-state index in [9.17, 15) is 8.42 Å². The van der Waals surface area contributed by atoms with Gasteiger partial charge in [-0.2, -0.15) is 0 Å². The minimum absolute atomic E-state index is 0.0973. The number of hydrogen-bond acceptors (Lipinski definition) is 4. The van der Waals surface area contributed by atoms with Gasteiger partial charge in [0.15, 0.2) is 0 Å². The average Bonchev–Trinajstić information content (AvgIpc) is 3.27. The lowest BCUT2D eigenvalue weighted by Crippen LogP contribution is -2.47. The van der Waals surface area contributed by atoms with E-state index in [0.29, 0.717) is 5.92 Å². The van der Waals surface area contributed by atoms with Gasteiger partial charge in [-0.3, -0.25) is 0 Å². The number of nitrogens with one attached hydrogen (secondary N) is 1. The summed E-state index contributed by atoms with van der Waals surface area (Å²) >= 11 is 0. The van der Waals surface area contributed by atoms with Gasteiger partial charge in [0.25, 0.3) is 0 Å². The van der Waals surface area contributed by atoms with Crippen LogP contribution in [0.5, 0.6) is 0 Å². The van der Waals surface area contributed by atoms with E-state index in [1.165, 1.54) is 12.8 Å². The molecule has 3 rings (SSSR count). The van der Waals surface area contributed by atoms with E-state index in [1.54, 1.807) is 0 Å². The Hall–Kier alpha value is -0.170. The zero-order valence-corrected chi connectivity index (χ0v) is 12.9. The monoisotopic (exact) mass is 302 g/mol. The van der Waals surface area contributed by atoms with Crippen LogP contribution >= 0.6 is 0 Å². The Bertz CT molecular complexity index is 408. The highest BCUT2D eigenvalue weighted by Crippen LogP contribution is 2.28. The van der Waals surface area contributed by atoms with Gasteiger partial charge in [-0.1, -0.05) is 0 Å². The van der Waals surface area contributed by atoms with Gasteiger partial charge in [-0.25, -0.2) is 13.1 Å². The topological polar surface area (TPSA) is 58.6 Å². The third-order valence-electron chi connectivity index (χ3n) is 4.65. The first-order valence-corrected chi connectivity index (χ1v) is 9.49. The van der Waals surface area contributed by atoms with Gasteiger partial charge in [0.05, 0.1) is 11.9 Å². The molecule has 116 valence electrons. The van der Waals surface area contributed by atoms with Crippen molar-refractivity contribution >= 4 is 10.0 Å². The standard InChI is InChI=1S/C14H26N2O3S/c17-20(18,14-3-4-14)15-13-5-7-16(8-6-13)10-12-2-1-9-19-11-12/h12-15H,1-11H2. The van der Waals surface area contributed by atoms with Crippen LogP contribution in [0.4, 0.5) is 0 Å². The van der Waals surface area contributed by atoms with Crippen LogP contribution in [0.2, 0.25) is 0 Å². The molecule has 2 saturated heterocycles. The predicted molar refractivity (Wildman–Crippen MR) is 78.1 cm³/mol. The van der Waals surface area contributed by atoms with Crippen molar-refractivity contribution in [1.82, 2.24) is 9.62 Å². The Morgan fingerprint density at radius 2 is 1.85 bits per heavy atom. The molecule has 0 spiro atoms. The largest absolute Gasteiger partial charge is 0.381 e. The lowest BCUT2D eigenvalue weighted by molar-refractivity contribution is 0.0345. The minimum Gasteiger partial charge on any atom is -0.381 e. The number of hydrogen-bond donors (Lipinski definition) is 1. The zero-order chi connectivity index (χ0) is 14.0. The lowest BCUT2D eigenvalue weighted by atomic mass is 9.99. The second kappa shape index (κ2) is 6.30. The van der Waals surface area contributed by atoms with Crippen LogP contribution in [0.15, 0.2) is 0 Å². The van der Waals surface area contributed by atoms with Crippen LogP contribution in [0.3, 0.4) is 0 Å². The maximum Gasteiger partial charge on any atom is 0.214 e. The summed E-state index contributed by atoms with van der Waals surface area (Å²) in [5.41, 5.74) is 0. The molecule has 1 unspecified atom stereocenters. The van der Waals surface area contributed by atoms with Crippen molar-refractivity contribution < 1.29 is 13.2 Å². The highest BCUT2D eigenvalue weighted by molar-refractivity contribution is 7.90. The summed E-state index contributed by atoms with van der Waals surface area (Å²) in [6.07, 6.45) is 6.03. The number of nitrogens with zero attached hydrogens (tertiary/aromatic N) is 1. The van der Waals surface area contributed by atoms with Crippen LogP contribution in [-0.4, -0.2) is 57.5 Å². The quantitative estimate of drug-likeness (QED) is 0.822. The summed E-state index contributed by atoms with van der Waals surface area (Å²) in [5.74, 6) is 0.670. The third kappa shape index (κ3) is 3.93. The molecule has 5 nitrogen and oxygen atoms in total.